The summed E-state index contributed by atoms with van der Waals surface area (Å²) >= 11 is 0. The van der Waals surface area contributed by atoms with Gasteiger partial charge in [-0.05, 0) is 37.1 Å². The van der Waals surface area contributed by atoms with Crippen molar-refractivity contribution in [2.45, 2.75) is 25.2 Å². The Balaban J connectivity index is 1.67. The lowest BCUT2D eigenvalue weighted by Crippen LogP contribution is -2.41. The number of fused-ring (bicyclic) bond motifs is 1. The molecule has 1 aliphatic heterocycles. The van der Waals surface area contributed by atoms with E-state index in [1.54, 1.807) is 24.3 Å². The van der Waals surface area contributed by atoms with Crippen LogP contribution in [0.25, 0.3) is 22.8 Å². The lowest BCUT2D eigenvalue weighted by Gasteiger charge is -2.32. The van der Waals surface area contributed by atoms with Crippen LogP contribution >= 0.6 is 0 Å². The Hall–Kier alpha value is -3.30. The monoisotopic (exact) mass is 467 g/mol. The molecule has 33 heavy (non-hydrogen) atoms. The van der Waals surface area contributed by atoms with Gasteiger partial charge < -0.3 is 4.90 Å². The molecule has 0 N–H and O–H groups in total. The Morgan fingerprint density at radius 3 is 2.21 bits per heavy atom. The fraction of sp³-hybridized carbons (Fsp3) is 0.304. The van der Waals surface area contributed by atoms with Crippen molar-refractivity contribution in [1.29, 1.82) is 0 Å². The largest absolute Gasteiger partial charge is 0.450 e. The van der Waals surface area contributed by atoms with E-state index in [-0.39, 0.29) is 42.7 Å². The van der Waals surface area contributed by atoms with E-state index in [2.05, 4.69) is 4.98 Å². The van der Waals surface area contributed by atoms with Crippen LogP contribution in [0.3, 0.4) is 0 Å². The van der Waals surface area contributed by atoms with E-state index in [4.69, 9.17) is 0 Å². The third kappa shape index (κ3) is 4.74. The molecule has 0 radical (unpaired) electrons. The zero-order valence-electron chi connectivity index (χ0n) is 17.2. The van der Waals surface area contributed by atoms with Gasteiger partial charge in [-0.2, -0.15) is 26.3 Å². The van der Waals surface area contributed by atoms with Crippen LogP contribution in [0.4, 0.5) is 26.3 Å². The summed E-state index contributed by atoms with van der Waals surface area (Å²) in [6, 6.07) is 12.5. The number of aromatic nitrogens is 2. The summed E-state index contributed by atoms with van der Waals surface area (Å²) in [5.41, 5.74) is 0.870. The van der Waals surface area contributed by atoms with Gasteiger partial charge >= 0.3 is 12.4 Å². The van der Waals surface area contributed by atoms with Gasteiger partial charge in [-0.25, -0.2) is 4.98 Å². The molecule has 0 bridgehead atoms. The summed E-state index contributed by atoms with van der Waals surface area (Å²) in [5.74, 6) is -3.01. The minimum Gasteiger partial charge on any atom is -0.339 e. The van der Waals surface area contributed by atoms with Crippen molar-refractivity contribution in [1.82, 2.24) is 14.5 Å². The predicted octanol–water partition coefficient (Wildman–Crippen LogP) is 5.86. The molecule has 3 aromatic rings. The highest BCUT2D eigenvalue weighted by atomic mass is 19.4. The number of carbonyl (C=O) groups excluding carboxylic acids is 1. The molecule has 10 heteroatoms. The number of imidazole rings is 1. The van der Waals surface area contributed by atoms with E-state index in [9.17, 15) is 31.1 Å². The maximum atomic E-state index is 13.7. The van der Waals surface area contributed by atoms with E-state index in [1.165, 1.54) is 41.3 Å². The molecule has 0 spiro atoms. The zero-order chi connectivity index (χ0) is 23.8. The molecule has 1 amide bonds. The molecule has 1 saturated heterocycles. The molecular formula is C23H19F6N3O. The second-order valence-electron chi connectivity index (χ2n) is 7.79. The Labute approximate surface area is 185 Å². The van der Waals surface area contributed by atoms with Gasteiger partial charge in [0.1, 0.15) is 0 Å². The lowest BCUT2D eigenvalue weighted by atomic mass is 9.96. The minimum absolute atomic E-state index is 0.0300. The van der Waals surface area contributed by atoms with Gasteiger partial charge in [-0.1, -0.05) is 30.3 Å². The minimum atomic E-state index is -4.71. The number of hydrogen-bond acceptors (Lipinski definition) is 2. The molecule has 0 atom stereocenters. The Bertz CT molecular complexity index is 1170. The molecule has 4 nitrogen and oxygen atoms in total. The molecule has 1 aliphatic rings. The van der Waals surface area contributed by atoms with E-state index < -0.39 is 30.0 Å². The number of amides is 1. The maximum absolute atomic E-state index is 13.7. The molecule has 2 aromatic carbocycles. The number of carbonyl (C=O) groups is 1. The quantitative estimate of drug-likeness (QED) is 0.358. The summed E-state index contributed by atoms with van der Waals surface area (Å²) in [6.07, 6.45) is -6.79. The smallest absolute Gasteiger partial charge is 0.339 e. The van der Waals surface area contributed by atoms with Crippen molar-refractivity contribution in [3.8, 4) is 5.69 Å². The number of likely N-dealkylation sites (tertiary alicyclic amines) is 1. The van der Waals surface area contributed by atoms with Crippen LogP contribution in [-0.4, -0.2) is 39.6 Å². The van der Waals surface area contributed by atoms with E-state index in [1.807, 2.05) is 0 Å². The molecule has 174 valence electrons. The number of hydrogen-bond donors (Lipinski definition) is 0. The van der Waals surface area contributed by atoms with Crippen molar-refractivity contribution >= 4 is 23.0 Å². The number of para-hydroxylation sites is 2. The molecular weight excluding hydrogens is 448 g/mol. The average Bonchev–Trinajstić information content (AvgIpc) is 3.18. The van der Waals surface area contributed by atoms with Crippen molar-refractivity contribution in [2.75, 3.05) is 13.1 Å². The van der Waals surface area contributed by atoms with Crippen LogP contribution in [0, 0.1) is 5.92 Å². The number of benzene rings is 2. The van der Waals surface area contributed by atoms with Crippen LogP contribution < -0.4 is 0 Å². The van der Waals surface area contributed by atoms with Crippen molar-refractivity contribution in [2.24, 2.45) is 5.92 Å². The Kier molecular flexibility index (Phi) is 5.94. The van der Waals surface area contributed by atoms with Crippen LogP contribution in [-0.2, 0) is 11.0 Å². The van der Waals surface area contributed by atoms with Crippen LogP contribution in [0.2, 0.25) is 0 Å². The molecule has 4 rings (SSSR count). The summed E-state index contributed by atoms with van der Waals surface area (Å²) in [7, 11) is 0. The molecule has 2 heterocycles. The van der Waals surface area contributed by atoms with Crippen LogP contribution in [0.5, 0.6) is 0 Å². The second kappa shape index (κ2) is 8.57. The van der Waals surface area contributed by atoms with E-state index >= 15 is 0 Å². The first-order valence-electron chi connectivity index (χ1n) is 10.2. The van der Waals surface area contributed by atoms with Gasteiger partial charge in [0.15, 0.2) is 0 Å². The van der Waals surface area contributed by atoms with Gasteiger partial charge in [-0.3, -0.25) is 9.36 Å². The highest BCUT2D eigenvalue weighted by Gasteiger charge is 2.41. The normalized spacial score (nSPS) is 16.1. The summed E-state index contributed by atoms with van der Waals surface area (Å²) in [5, 5.41) is 0. The van der Waals surface area contributed by atoms with Gasteiger partial charge in [0.05, 0.1) is 17.0 Å². The van der Waals surface area contributed by atoms with Gasteiger partial charge in [0.25, 0.3) is 0 Å². The van der Waals surface area contributed by atoms with Gasteiger partial charge in [0.2, 0.25) is 11.7 Å². The Morgan fingerprint density at radius 1 is 0.939 bits per heavy atom. The molecule has 0 unspecified atom stereocenters. The fourth-order valence-corrected chi connectivity index (χ4v) is 4.00. The fourth-order valence-electron chi connectivity index (χ4n) is 4.00. The zero-order valence-corrected chi connectivity index (χ0v) is 17.2. The maximum Gasteiger partial charge on any atom is 0.450 e. The molecule has 0 saturated carbocycles. The number of alkyl halides is 6. The molecule has 0 aliphatic carbocycles. The SMILES string of the molecule is O=C(/C=C/c1cccc2nc(C(F)(F)F)n(-c3ccccc3)c12)N1CCC(C(F)(F)F)CC1. The van der Waals surface area contributed by atoms with Crippen LogP contribution in [0.1, 0.15) is 24.2 Å². The first-order valence-corrected chi connectivity index (χ1v) is 10.2. The summed E-state index contributed by atoms with van der Waals surface area (Å²) in [4.78, 5) is 17.6. The highest BCUT2D eigenvalue weighted by molar-refractivity contribution is 5.95. The van der Waals surface area contributed by atoms with Gasteiger partial charge in [0, 0.05) is 30.4 Å². The van der Waals surface area contributed by atoms with Crippen molar-refractivity contribution < 1.29 is 31.1 Å². The standard InChI is InChI=1S/C23H19F6N3O/c24-22(25,26)16-11-13-31(14-12-16)19(33)10-9-15-5-4-8-18-20(15)32(17-6-2-1-3-7-17)21(30-18)23(27,28)29/h1-10,16H,11-14H2/b10-9+. The number of piperidine rings is 1. The predicted molar refractivity (Wildman–Crippen MR) is 110 cm³/mol. The van der Waals surface area contributed by atoms with Crippen LogP contribution in [0.15, 0.2) is 54.6 Å². The summed E-state index contributed by atoms with van der Waals surface area (Å²) < 4.78 is 80.7. The van der Waals surface area contributed by atoms with E-state index in [0.717, 1.165) is 4.57 Å². The second-order valence-corrected chi connectivity index (χ2v) is 7.79. The first kappa shape index (κ1) is 22.9. The first-order chi connectivity index (χ1) is 15.6. The van der Waals surface area contributed by atoms with E-state index in [0.29, 0.717) is 5.56 Å². The highest BCUT2D eigenvalue weighted by Crippen LogP contribution is 2.36. The lowest BCUT2D eigenvalue weighted by molar-refractivity contribution is -0.186. The average molecular weight is 467 g/mol. The third-order valence-electron chi connectivity index (χ3n) is 5.65. The van der Waals surface area contributed by atoms with Crippen molar-refractivity contribution in [3.63, 3.8) is 0 Å². The number of nitrogens with zero attached hydrogens (tertiary/aromatic N) is 3. The summed E-state index contributed by atoms with van der Waals surface area (Å²) in [6.45, 7) is -0.0601. The Morgan fingerprint density at radius 2 is 1.61 bits per heavy atom. The molecule has 1 aromatic heterocycles. The number of halogens is 6. The van der Waals surface area contributed by atoms with Gasteiger partial charge in [-0.15, -0.1) is 0 Å². The number of rotatable bonds is 3. The molecule has 1 fully saturated rings. The topological polar surface area (TPSA) is 38.1 Å². The van der Waals surface area contributed by atoms with Crippen molar-refractivity contribution in [3.05, 3.63) is 66.0 Å². The third-order valence-corrected chi connectivity index (χ3v) is 5.65.